The lowest BCUT2D eigenvalue weighted by Crippen LogP contribution is -2.13. The van der Waals surface area contributed by atoms with Crippen LogP contribution in [0.1, 0.15) is 28.6 Å². The van der Waals surface area contributed by atoms with Gasteiger partial charge in [-0.15, -0.1) is 11.3 Å². The van der Waals surface area contributed by atoms with E-state index in [1.807, 2.05) is 36.6 Å². The first-order valence-electron chi connectivity index (χ1n) is 9.10. The van der Waals surface area contributed by atoms with Gasteiger partial charge in [0.2, 0.25) is 5.91 Å². The summed E-state index contributed by atoms with van der Waals surface area (Å²) in [5, 5.41) is 7.71. The number of benzene rings is 2. The van der Waals surface area contributed by atoms with Crippen molar-refractivity contribution >= 4 is 34.5 Å². The van der Waals surface area contributed by atoms with E-state index in [9.17, 15) is 9.59 Å². The number of carbonyl (C=O) groups excluding carboxylic acids is 2. The number of hydrogen-bond acceptors (Lipinski definition) is 4. The summed E-state index contributed by atoms with van der Waals surface area (Å²) < 4.78 is 5.39. The van der Waals surface area contributed by atoms with Crippen LogP contribution in [-0.4, -0.2) is 18.4 Å². The van der Waals surface area contributed by atoms with Crippen LogP contribution in [0.3, 0.4) is 0 Å². The number of hydrogen-bond donors (Lipinski definition) is 2. The highest BCUT2D eigenvalue weighted by Gasteiger charge is 2.08. The highest BCUT2D eigenvalue weighted by atomic mass is 32.1. The summed E-state index contributed by atoms with van der Waals surface area (Å²) >= 11 is 1.65. The number of anilines is 2. The van der Waals surface area contributed by atoms with Crippen molar-refractivity contribution in [2.45, 2.75) is 19.8 Å². The predicted octanol–water partition coefficient (Wildman–Crippen LogP) is 4.97. The number of rotatable bonds is 8. The lowest BCUT2D eigenvalue weighted by molar-refractivity contribution is -0.116. The Hall–Kier alpha value is -3.12. The van der Waals surface area contributed by atoms with Crippen LogP contribution >= 0.6 is 11.3 Å². The summed E-state index contributed by atoms with van der Waals surface area (Å²) in [5.74, 6) is 0.513. The van der Waals surface area contributed by atoms with Crippen molar-refractivity contribution in [1.82, 2.24) is 0 Å². The third-order valence-electron chi connectivity index (χ3n) is 4.03. The van der Waals surface area contributed by atoms with Crippen LogP contribution in [0.4, 0.5) is 11.4 Å². The van der Waals surface area contributed by atoms with Crippen molar-refractivity contribution in [2.75, 3.05) is 17.2 Å². The molecule has 1 aromatic heterocycles. The molecule has 5 nitrogen and oxygen atoms in total. The van der Waals surface area contributed by atoms with Gasteiger partial charge in [0, 0.05) is 28.2 Å². The van der Waals surface area contributed by atoms with Crippen LogP contribution < -0.4 is 15.4 Å². The van der Waals surface area contributed by atoms with Gasteiger partial charge in [-0.3, -0.25) is 9.59 Å². The van der Waals surface area contributed by atoms with Gasteiger partial charge < -0.3 is 15.4 Å². The number of amides is 2. The molecule has 1 heterocycles. The zero-order valence-corrected chi connectivity index (χ0v) is 16.4. The molecule has 0 radical (unpaired) electrons. The Labute approximate surface area is 168 Å². The molecule has 2 amide bonds. The Bertz CT molecular complexity index is 904. The van der Waals surface area contributed by atoms with Crippen LogP contribution in [0.5, 0.6) is 5.75 Å². The summed E-state index contributed by atoms with van der Waals surface area (Å²) in [6.45, 7) is 2.52. The van der Waals surface area contributed by atoms with Gasteiger partial charge in [0.1, 0.15) is 5.75 Å². The van der Waals surface area contributed by atoms with E-state index in [0.29, 0.717) is 30.0 Å². The number of aryl methyl sites for hydroxylation is 1. The number of nitrogens with one attached hydrogen (secondary N) is 2. The molecule has 0 unspecified atom stereocenters. The molecule has 28 heavy (non-hydrogen) atoms. The molecule has 0 bridgehead atoms. The van der Waals surface area contributed by atoms with Gasteiger partial charge in [0.05, 0.1) is 6.61 Å². The average molecular weight is 394 g/mol. The van der Waals surface area contributed by atoms with E-state index in [-0.39, 0.29) is 11.8 Å². The number of carbonyl (C=O) groups is 2. The van der Waals surface area contributed by atoms with E-state index in [1.54, 1.807) is 47.7 Å². The largest absolute Gasteiger partial charge is 0.494 e. The Balaban J connectivity index is 1.51. The second-order valence-electron chi connectivity index (χ2n) is 6.12. The first-order chi connectivity index (χ1) is 13.6. The second kappa shape index (κ2) is 9.71. The van der Waals surface area contributed by atoms with Crippen LogP contribution in [0.15, 0.2) is 66.0 Å². The van der Waals surface area contributed by atoms with Crippen molar-refractivity contribution in [3.8, 4) is 5.75 Å². The van der Waals surface area contributed by atoms with Gasteiger partial charge in [-0.25, -0.2) is 0 Å². The second-order valence-corrected chi connectivity index (χ2v) is 7.15. The van der Waals surface area contributed by atoms with Gasteiger partial charge in [-0.1, -0.05) is 6.07 Å². The Kier molecular flexibility index (Phi) is 6.81. The van der Waals surface area contributed by atoms with E-state index >= 15 is 0 Å². The maximum absolute atomic E-state index is 12.4. The fourth-order valence-electron chi connectivity index (χ4n) is 2.62. The normalized spacial score (nSPS) is 10.3. The van der Waals surface area contributed by atoms with Crippen molar-refractivity contribution in [1.29, 1.82) is 0 Å². The standard InChI is InChI=1S/C22H22N2O3S/c1-2-27-19-11-9-18(10-12-19)24-22(26)16-5-7-17(8-6-16)23-21(25)14-13-20-4-3-15-28-20/h3-12,15H,2,13-14H2,1H3,(H,23,25)(H,24,26). The Morgan fingerprint density at radius 2 is 1.61 bits per heavy atom. The Morgan fingerprint density at radius 1 is 0.929 bits per heavy atom. The first kappa shape index (κ1) is 19.6. The molecule has 6 heteroatoms. The van der Waals surface area contributed by atoms with Gasteiger partial charge in [0.15, 0.2) is 0 Å². The molecule has 2 N–H and O–H groups in total. The summed E-state index contributed by atoms with van der Waals surface area (Å²) in [5.41, 5.74) is 1.89. The summed E-state index contributed by atoms with van der Waals surface area (Å²) in [6.07, 6.45) is 1.16. The minimum Gasteiger partial charge on any atom is -0.494 e. The topological polar surface area (TPSA) is 67.4 Å². The smallest absolute Gasteiger partial charge is 0.255 e. The van der Waals surface area contributed by atoms with Crippen molar-refractivity contribution < 1.29 is 14.3 Å². The van der Waals surface area contributed by atoms with Crippen LogP contribution in [0, 0.1) is 0 Å². The molecule has 0 saturated carbocycles. The molecular weight excluding hydrogens is 372 g/mol. The lowest BCUT2D eigenvalue weighted by atomic mass is 10.1. The molecule has 2 aromatic carbocycles. The summed E-state index contributed by atoms with van der Waals surface area (Å²) in [7, 11) is 0. The molecule has 0 fully saturated rings. The molecule has 0 saturated heterocycles. The minimum absolute atomic E-state index is 0.0417. The van der Waals surface area contributed by atoms with Crippen LogP contribution in [-0.2, 0) is 11.2 Å². The number of thiophene rings is 1. The molecule has 0 aliphatic rings. The van der Waals surface area contributed by atoms with E-state index in [1.165, 1.54) is 4.88 Å². The fraction of sp³-hybridized carbons (Fsp3) is 0.182. The van der Waals surface area contributed by atoms with Gasteiger partial charge in [-0.05, 0) is 73.3 Å². The Morgan fingerprint density at radius 3 is 2.25 bits per heavy atom. The minimum atomic E-state index is -0.209. The maximum Gasteiger partial charge on any atom is 0.255 e. The molecular formula is C22H22N2O3S. The first-order valence-corrected chi connectivity index (χ1v) is 9.98. The highest BCUT2D eigenvalue weighted by Crippen LogP contribution is 2.17. The number of ether oxygens (including phenoxy) is 1. The van der Waals surface area contributed by atoms with Gasteiger partial charge >= 0.3 is 0 Å². The monoisotopic (exact) mass is 394 g/mol. The maximum atomic E-state index is 12.4. The highest BCUT2D eigenvalue weighted by molar-refractivity contribution is 7.09. The predicted molar refractivity (Wildman–Crippen MR) is 113 cm³/mol. The van der Waals surface area contributed by atoms with Gasteiger partial charge in [-0.2, -0.15) is 0 Å². The third kappa shape index (κ3) is 5.69. The van der Waals surface area contributed by atoms with E-state index in [0.717, 1.165) is 12.2 Å². The molecule has 0 aliphatic carbocycles. The van der Waals surface area contributed by atoms with Crippen molar-refractivity contribution in [2.24, 2.45) is 0 Å². The fourth-order valence-corrected chi connectivity index (χ4v) is 3.33. The molecule has 0 aliphatic heterocycles. The SMILES string of the molecule is CCOc1ccc(NC(=O)c2ccc(NC(=O)CCc3cccs3)cc2)cc1. The van der Waals surface area contributed by atoms with Crippen LogP contribution in [0.2, 0.25) is 0 Å². The third-order valence-corrected chi connectivity index (χ3v) is 4.97. The molecule has 0 spiro atoms. The van der Waals surface area contributed by atoms with E-state index < -0.39 is 0 Å². The zero-order chi connectivity index (χ0) is 19.8. The molecule has 3 rings (SSSR count). The summed E-state index contributed by atoms with van der Waals surface area (Å²) in [4.78, 5) is 25.6. The quantitative estimate of drug-likeness (QED) is 0.567. The summed E-state index contributed by atoms with van der Waals surface area (Å²) in [6, 6.07) is 18.1. The average Bonchev–Trinajstić information content (AvgIpc) is 3.22. The van der Waals surface area contributed by atoms with Crippen molar-refractivity contribution in [3.63, 3.8) is 0 Å². The lowest BCUT2D eigenvalue weighted by Gasteiger charge is -2.08. The molecule has 3 aromatic rings. The molecule has 144 valence electrons. The van der Waals surface area contributed by atoms with E-state index in [2.05, 4.69) is 10.6 Å². The zero-order valence-electron chi connectivity index (χ0n) is 15.6. The molecule has 0 atom stereocenters. The van der Waals surface area contributed by atoms with Gasteiger partial charge in [0.25, 0.3) is 5.91 Å². The van der Waals surface area contributed by atoms with Crippen LogP contribution in [0.25, 0.3) is 0 Å². The van der Waals surface area contributed by atoms with E-state index in [4.69, 9.17) is 4.74 Å². The van der Waals surface area contributed by atoms with Crippen molar-refractivity contribution in [3.05, 3.63) is 76.5 Å².